The zero-order valence-corrected chi connectivity index (χ0v) is 8.99. The van der Waals surface area contributed by atoms with Crippen LogP contribution in [0, 0.1) is 0 Å². The van der Waals surface area contributed by atoms with E-state index >= 15 is 0 Å². The van der Waals surface area contributed by atoms with Crippen LogP contribution in [0.15, 0.2) is 17.5 Å². The van der Waals surface area contributed by atoms with Crippen LogP contribution < -0.4 is 5.32 Å². The maximum absolute atomic E-state index is 3.67. The molecule has 2 heteroatoms. The first-order valence-corrected chi connectivity index (χ1v) is 5.98. The lowest BCUT2D eigenvalue weighted by Gasteiger charge is -2.28. The van der Waals surface area contributed by atoms with Gasteiger partial charge in [0, 0.05) is 10.4 Å². The zero-order chi connectivity index (χ0) is 9.15. The molecular weight excluding hydrogens is 178 g/mol. The smallest absolute Gasteiger partial charge is 0.0500 e. The first-order valence-electron chi connectivity index (χ1n) is 5.10. The van der Waals surface area contributed by atoms with Gasteiger partial charge < -0.3 is 5.32 Å². The summed E-state index contributed by atoms with van der Waals surface area (Å²) in [5.41, 5.74) is 0.255. The minimum Gasteiger partial charge on any atom is -0.307 e. The van der Waals surface area contributed by atoms with Gasteiger partial charge in [-0.2, -0.15) is 0 Å². The first-order chi connectivity index (χ1) is 6.31. The summed E-state index contributed by atoms with van der Waals surface area (Å²) in [6.07, 6.45) is 5.36. The molecule has 1 fully saturated rings. The summed E-state index contributed by atoms with van der Waals surface area (Å²) in [6, 6.07) is 4.40. The van der Waals surface area contributed by atoms with E-state index in [-0.39, 0.29) is 5.54 Å². The molecule has 2 rings (SSSR count). The van der Waals surface area contributed by atoms with E-state index in [0.29, 0.717) is 0 Å². The van der Waals surface area contributed by atoms with Gasteiger partial charge in [-0.15, -0.1) is 11.3 Å². The van der Waals surface area contributed by atoms with Crippen LogP contribution in [0.5, 0.6) is 0 Å². The standard InChI is InChI=1S/C11H17NS/c1-11(10-6-5-9-13-10)7-3-2-4-8-12-11/h5-6,9,12H,2-4,7-8H2,1H3. The van der Waals surface area contributed by atoms with Gasteiger partial charge >= 0.3 is 0 Å². The number of rotatable bonds is 1. The summed E-state index contributed by atoms with van der Waals surface area (Å²) in [7, 11) is 0. The zero-order valence-electron chi connectivity index (χ0n) is 8.18. The summed E-state index contributed by atoms with van der Waals surface area (Å²) in [4.78, 5) is 1.49. The van der Waals surface area contributed by atoms with Crippen LogP contribution in [0.25, 0.3) is 0 Å². The van der Waals surface area contributed by atoms with Crippen molar-refractivity contribution in [1.29, 1.82) is 0 Å². The molecule has 0 saturated carbocycles. The molecule has 0 radical (unpaired) electrons. The Balaban J connectivity index is 2.17. The van der Waals surface area contributed by atoms with Crippen LogP contribution in [-0.2, 0) is 5.54 Å². The molecule has 2 heterocycles. The molecule has 1 nitrogen and oxygen atoms in total. The van der Waals surface area contributed by atoms with Crippen molar-refractivity contribution in [3.63, 3.8) is 0 Å². The summed E-state index contributed by atoms with van der Waals surface area (Å²) in [6.45, 7) is 3.51. The van der Waals surface area contributed by atoms with Gasteiger partial charge in [0.1, 0.15) is 0 Å². The molecule has 1 unspecified atom stereocenters. The fraction of sp³-hybridized carbons (Fsp3) is 0.636. The molecule has 1 aliphatic heterocycles. The second-order valence-corrected chi connectivity index (χ2v) is 4.99. The van der Waals surface area contributed by atoms with Crippen molar-refractivity contribution in [2.75, 3.05) is 6.54 Å². The van der Waals surface area contributed by atoms with Crippen molar-refractivity contribution in [3.8, 4) is 0 Å². The van der Waals surface area contributed by atoms with Crippen molar-refractivity contribution >= 4 is 11.3 Å². The molecule has 1 saturated heterocycles. The second-order valence-electron chi connectivity index (χ2n) is 4.05. The van der Waals surface area contributed by atoms with Gasteiger partial charge in [0.15, 0.2) is 0 Å². The summed E-state index contributed by atoms with van der Waals surface area (Å²) >= 11 is 1.88. The van der Waals surface area contributed by atoms with E-state index in [4.69, 9.17) is 0 Å². The Kier molecular flexibility index (Phi) is 2.70. The van der Waals surface area contributed by atoms with Crippen molar-refractivity contribution in [2.24, 2.45) is 0 Å². The number of thiophene rings is 1. The fourth-order valence-corrected chi connectivity index (χ4v) is 2.93. The molecule has 0 aliphatic carbocycles. The minimum absolute atomic E-state index is 0.255. The molecule has 72 valence electrons. The van der Waals surface area contributed by atoms with E-state index in [2.05, 4.69) is 29.8 Å². The Morgan fingerprint density at radius 1 is 1.38 bits per heavy atom. The highest BCUT2D eigenvalue weighted by Crippen LogP contribution is 2.32. The molecular formula is C11H17NS. The van der Waals surface area contributed by atoms with Crippen molar-refractivity contribution in [1.82, 2.24) is 5.32 Å². The third kappa shape index (κ3) is 1.94. The van der Waals surface area contributed by atoms with Crippen molar-refractivity contribution in [3.05, 3.63) is 22.4 Å². The molecule has 13 heavy (non-hydrogen) atoms. The summed E-state index contributed by atoms with van der Waals surface area (Å²) in [5, 5.41) is 5.84. The average Bonchev–Trinajstić information content (AvgIpc) is 2.57. The predicted molar refractivity (Wildman–Crippen MR) is 58.1 cm³/mol. The fourth-order valence-electron chi connectivity index (χ4n) is 2.04. The van der Waals surface area contributed by atoms with E-state index in [1.165, 1.54) is 37.1 Å². The van der Waals surface area contributed by atoms with Gasteiger partial charge in [0.2, 0.25) is 0 Å². The van der Waals surface area contributed by atoms with Gasteiger partial charge in [-0.05, 0) is 37.8 Å². The van der Waals surface area contributed by atoms with Crippen molar-refractivity contribution in [2.45, 2.75) is 38.1 Å². The maximum atomic E-state index is 3.67. The normalized spacial score (nSPS) is 29.9. The molecule has 1 atom stereocenters. The van der Waals surface area contributed by atoms with Crippen LogP contribution in [-0.4, -0.2) is 6.54 Å². The van der Waals surface area contributed by atoms with Crippen LogP contribution in [0.4, 0.5) is 0 Å². The SMILES string of the molecule is CC1(c2cccs2)CCCCCN1. The van der Waals surface area contributed by atoms with Gasteiger partial charge in [-0.3, -0.25) is 0 Å². The number of hydrogen-bond donors (Lipinski definition) is 1. The predicted octanol–water partition coefficient (Wildman–Crippen LogP) is 3.13. The topological polar surface area (TPSA) is 12.0 Å². The van der Waals surface area contributed by atoms with E-state index in [1.54, 1.807) is 0 Å². The quantitative estimate of drug-likeness (QED) is 0.726. The molecule has 1 N–H and O–H groups in total. The van der Waals surface area contributed by atoms with Crippen LogP contribution >= 0.6 is 11.3 Å². The third-order valence-electron chi connectivity index (χ3n) is 2.93. The second kappa shape index (κ2) is 3.81. The van der Waals surface area contributed by atoms with E-state index < -0.39 is 0 Å². The Morgan fingerprint density at radius 3 is 3.08 bits per heavy atom. The van der Waals surface area contributed by atoms with E-state index in [1.807, 2.05) is 11.3 Å². The van der Waals surface area contributed by atoms with Crippen LogP contribution in [0.3, 0.4) is 0 Å². The Bertz CT molecular complexity index is 245. The monoisotopic (exact) mass is 195 g/mol. The third-order valence-corrected chi connectivity index (χ3v) is 4.07. The molecule has 0 spiro atoms. The Morgan fingerprint density at radius 2 is 2.31 bits per heavy atom. The Labute approximate surface area is 84.2 Å². The van der Waals surface area contributed by atoms with E-state index in [0.717, 1.165) is 0 Å². The Hall–Kier alpha value is -0.340. The lowest BCUT2D eigenvalue weighted by atomic mass is 9.94. The number of hydrogen-bond acceptors (Lipinski definition) is 2. The van der Waals surface area contributed by atoms with Gasteiger partial charge in [-0.25, -0.2) is 0 Å². The molecule has 0 bridgehead atoms. The summed E-state index contributed by atoms with van der Waals surface area (Å²) < 4.78 is 0. The highest BCUT2D eigenvalue weighted by Gasteiger charge is 2.27. The highest BCUT2D eigenvalue weighted by atomic mass is 32.1. The summed E-state index contributed by atoms with van der Waals surface area (Å²) in [5.74, 6) is 0. The van der Waals surface area contributed by atoms with Gasteiger partial charge in [0.25, 0.3) is 0 Å². The first kappa shape index (κ1) is 9.22. The lowest BCUT2D eigenvalue weighted by Crippen LogP contribution is -2.37. The van der Waals surface area contributed by atoms with Gasteiger partial charge in [0.05, 0.1) is 0 Å². The minimum atomic E-state index is 0.255. The lowest BCUT2D eigenvalue weighted by molar-refractivity contribution is 0.367. The molecule has 0 aromatic carbocycles. The molecule has 0 amide bonds. The molecule has 1 aromatic heterocycles. The van der Waals surface area contributed by atoms with Gasteiger partial charge in [-0.1, -0.05) is 18.9 Å². The van der Waals surface area contributed by atoms with Crippen molar-refractivity contribution < 1.29 is 0 Å². The average molecular weight is 195 g/mol. The van der Waals surface area contributed by atoms with Crippen LogP contribution in [0.1, 0.15) is 37.5 Å². The molecule has 1 aromatic rings. The van der Waals surface area contributed by atoms with E-state index in [9.17, 15) is 0 Å². The highest BCUT2D eigenvalue weighted by molar-refractivity contribution is 7.10. The van der Waals surface area contributed by atoms with Crippen LogP contribution in [0.2, 0.25) is 0 Å². The number of nitrogens with one attached hydrogen (secondary N) is 1. The molecule has 1 aliphatic rings. The largest absolute Gasteiger partial charge is 0.307 e. The maximum Gasteiger partial charge on any atom is 0.0500 e.